The number of aliphatic carboxylic acids is 1. The number of imidazole rings is 1. The average Bonchev–Trinajstić information content (AvgIpc) is 2.90. The summed E-state index contributed by atoms with van der Waals surface area (Å²) in [6, 6.07) is 0.328. The van der Waals surface area contributed by atoms with E-state index in [1.165, 1.54) is 0 Å². The molecule has 0 saturated heterocycles. The van der Waals surface area contributed by atoms with Crippen LogP contribution in [-0.4, -0.2) is 38.3 Å². The molecule has 0 aliphatic carbocycles. The third kappa shape index (κ3) is 3.92. The topological polar surface area (TPSA) is 127 Å². The molecule has 1 unspecified atom stereocenters. The van der Waals surface area contributed by atoms with Crippen molar-refractivity contribution in [1.29, 1.82) is 0 Å². The maximum absolute atomic E-state index is 12.9. The Kier molecular flexibility index (Phi) is 5.19. The van der Waals surface area contributed by atoms with E-state index in [0.29, 0.717) is 6.20 Å². The first kappa shape index (κ1) is 19.2. The molecule has 140 valence electrons. The Morgan fingerprint density at radius 1 is 1.35 bits per heavy atom. The number of carbonyl (C=O) groups excluding carboxylic acids is 2. The van der Waals surface area contributed by atoms with Crippen LogP contribution < -0.4 is 11.1 Å². The summed E-state index contributed by atoms with van der Waals surface area (Å²) in [6.45, 7) is 1.64. The van der Waals surface area contributed by atoms with Gasteiger partial charge in [-0.2, -0.15) is 13.2 Å². The minimum Gasteiger partial charge on any atom is -0.480 e. The number of rotatable bonds is 6. The predicted octanol–water partition coefficient (Wildman–Crippen LogP) is 0.974. The summed E-state index contributed by atoms with van der Waals surface area (Å²) in [6.07, 6.45) is -4.36. The minimum atomic E-state index is -4.63. The normalized spacial score (nSPS) is 12.8. The van der Waals surface area contributed by atoms with E-state index in [1.807, 2.05) is 0 Å². The molecule has 2 amide bonds. The molecular formula is C15H15F3N4O4. The van der Waals surface area contributed by atoms with E-state index in [9.17, 15) is 27.6 Å². The maximum Gasteiger partial charge on any atom is 0.417 e. The fourth-order valence-electron chi connectivity index (χ4n) is 2.38. The molecule has 0 saturated carbocycles. The lowest BCUT2D eigenvalue weighted by Crippen LogP contribution is -2.43. The molecule has 4 N–H and O–H groups in total. The first-order valence-corrected chi connectivity index (χ1v) is 7.44. The molecule has 0 radical (unpaired) electrons. The third-order valence-electron chi connectivity index (χ3n) is 3.58. The van der Waals surface area contributed by atoms with Gasteiger partial charge in [-0.05, 0) is 18.6 Å². The van der Waals surface area contributed by atoms with Gasteiger partial charge in [0.05, 0.1) is 17.7 Å². The summed E-state index contributed by atoms with van der Waals surface area (Å²) in [7, 11) is 0. The smallest absolute Gasteiger partial charge is 0.417 e. The van der Waals surface area contributed by atoms with Crippen molar-refractivity contribution in [1.82, 2.24) is 14.7 Å². The monoisotopic (exact) mass is 372 g/mol. The van der Waals surface area contributed by atoms with Crippen LogP contribution in [0.25, 0.3) is 5.65 Å². The Bertz CT molecular complexity index is 876. The van der Waals surface area contributed by atoms with Crippen LogP contribution in [0.5, 0.6) is 0 Å². The zero-order chi connectivity index (χ0) is 19.6. The SMILES string of the molecule is CCc1nc2ccc(C(F)(F)F)cn2c1C(=O)NC(CC(N)=O)C(=O)O. The largest absolute Gasteiger partial charge is 0.480 e. The average molecular weight is 372 g/mol. The molecule has 2 rings (SSSR count). The highest BCUT2D eigenvalue weighted by atomic mass is 19.4. The Morgan fingerprint density at radius 3 is 2.50 bits per heavy atom. The van der Waals surface area contributed by atoms with Gasteiger partial charge in [0, 0.05) is 6.20 Å². The van der Waals surface area contributed by atoms with Gasteiger partial charge < -0.3 is 16.2 Å². The van der Waals surface area contributed by atoms with Crippen molar-refractivity contribution in [3.05, 3.63) is 35.3 Å². The van der Waals surface area contributed by atoms with Crippen LogP contribution in [0.4, 0.5) is 13.2 Å². The van der Waals surface area contributed by atoms with Crippen molar-refractivity contribution in [3.63, 3.8) is 0 Å². The number of aryl methyl sites for hydroxylation is 1. The van der Waals surface area contributed by atoms with Crippen LogP contribution in [0, 0.1) is 0 Å². The molecule has 0 aliphatic rings. The van der Waals surface area contributed by atoms with Crippen molar-refractivity contribution in [2.24, 2.45) is 5.73 Å². The van der Waals surface area contributed by atoms with Crippen molar-refractivity contribution in [2.45, 2.75) is 32.0 Å². The number of aromatic nitrogens is 2. The standard InChI is InChI=1S/C15H15F3N4O4/c1-2-8-12(13(24)21-9(14(25)26)5-10(19)23)22-6-7(15(16,17)18)3-4-11(22)20-8/h3-4,6,9H,2,5H2,1H3,(H2,19,23)(H,21,24)(H,25,26). The Morgan fingerprint density at radius 2 is 2.00 bits per heavy atom. The quantitative estimate of drug-likeness (QED) is 0.696. The summed E-state index contributed by atoms with van der Waals surface area (Å²) in [5.74, 6) is -3.42. The number of hydrogen-bond acceptors (Lipinski definition) is 4. The van der Waals surface area contributed by atoms with Crippen molar-refractivity contribution >= 4 is 23.4 Å². The summed E-state index contributed by atoms with van der Waals surface area (Å²) in [5.41, 5.74) is 4.00. The van der Waals surface area contributed by atoms with Gasteiger partial charge in [-0.3, -0.25) is 14.0 Å². The molecular weight excluding hydrogens is 357 g/mol. The number of fused-ring (bicyclic) bond motifs is 1. The van der Waals surface area contributed by atoms with Crippen LogP contribution >= 0.6 is 0 Å². The molecule has 0 spiro atoms. The van der Waals surface area contributed by atoms with Crippen LogP contribution in [-0.2, 0) is 22.2 Å². The van der Waals surface area contributed by atoms with E-state index in [0.717, 1.165) is 16.5 Å². The predicted molar refractivity (Wildman–Crippen MR) is 82.3 cm³/mol. The van der Waals surface area contributed by atoms with E-state index >= 15 is 0 Å². The maximum atomic E-state index is 12.9. The highest BCUT2D eigenvalue weighted by Gasteiger charge is 2.32. The lowest BCUT2D eigenvalue weighted by atomic mass is 10.1. The van der Waals surface area contributed by atoms with Gasteiger partial charge in [-0.1, -0.05) is 6.92 Å². The van der Waals surface area contributed by atoms with Gasteiger partial charge in [0.15, 0.2) is 0 Å². The van der Waals surface area contributed by atoms with Crippen LogP contribution in [0.2, 0.25) is 0 Å². The number of nitrogens with two attached hydrogens (primary N) is 1. The summed E-state index contributed by atoms with van der Waals surface area (Å²) < 4.78 is 39.7. The Labute approximate surface area is 144 Å². The Hall–Kier alpha value is -3.11. The summed E-state index contributed by atoms with van der Waals surface area (Å²) in [4.78, 5) is 38.7. The van der Waals surface area contributed by atoms with Gasteiger partial charge >= 0.3 is 12.1 Å². The summed E-state index contributed by atoms with van der Waals surface area (Å²) >= 11 is 0. The molecule has 0 aliphatic heterocycles. The first-order chi connectivity index (χ1) is 12.0. The van der Waals surface area contributed by atoms with E-state index in [2.05, 4.69) is 10.3 Å². The van der Waals surface area contributed by atoms with Gasteiger partial charge in [0.2, 0.25) is 5.91 Å². The molecule has 2 aromatic rings. The number of hydrogen-bond donors (Lipinski definition) is 3. The number of nitrogens with zero attached hydrogens (tertiary/aromatic N) is 2. The highest BCUT2D eigenvalue weighted by Crippen LogP contribution is 2.30. The van der Waals surface area contributed by atoms with Gasteiger partial charge in [-0.15, -0.1) is 0 Å². The van der Waals surface area contributed by atoms with E-state index < -0.39 is 42.0 Å². The van der Waals surface area contributed by atoms with Crippen LogP contribution in [0.15, 0.2) is 18.3 Å². The zero-order valence-electron chi connectivity index (χ0n) is 13.5. The molecule has 0 bridgehead atoms. The third-order valence-corrected chi connectivity index (χ3v) is 3.58. The number of primary amides is 1. The molecule has 8 nitrogen and oxygen atoms in total. The van der Waals surface area contributed by atoms with Gasteiger partial charge in [0.25, 0.3) is 5.91 Å². The van der Waals surface area contributed by atoms with E-state index in [-0.39, 0.29) is 23.5 Å². The molecule has 2 aromatic heterocycles. The van der Waals surface area contributed by atoms with Crippen LogP contribution in [0.3, 0.4) is 0 Å². The second-order valence-corrected chi connectivity index (χ2v) is 5.44. The lowest BCUT2D eigenvalue weighted by Gasteiger charge is -2.14. The summed E-state index contributed by atoms with van der Waals surface area (Å²) in [5, 5.41) is 11.2. The molecule has 0 fully saturated rings. The Balaban J connectivity index is 2.50. The first-order valence-electron chi connectivity index (χ1n) is 7.44. The number of carbonyl (C=O) groups is 3. The number of pyridine rings is 1. The fourth-order valence-corrected chi connectivity index (χ4v) is 2.38. The lowest BCUT2D eigenvalue weighted by molar-refractivity contribution is -0.141. The van der Waals surface area contributed by atoms with E-state index in [1.54, 1.807) is 6.92 Å². The fraction of sp³-hybridized carbons (Fsp3) is 0.333. The minimum absolute atomic E-state index is 0.0989. The van der Waals surface area contributed by atoms with E-state index in [4.69, 9.17) is 10.8 Å². The van der Waals surface area contributed by atoms with Crippen molar-refractivity contribution in [2.75, 3.05) is 0 Å². The van der Waals surface area contributed by atoms with Crippen molar-refractivity contribution in [3.8, 4) is 0 Å². The molecule has 0 aromatic carbocycles. The van der Waals surface area contributed by atoms with Gasteiger partial charge in [0.1, 0.15) is 17.4 Å². The molecule has 1 atom stereocenters. The molecule has 11 heteroatoms. The number of alkyl halides is 3. The number of halogens is 3. The molecule has 26 heavy (non-hydrogen) atoms. The number of amides is 2. The second-order valence-electron chi connectivity index (χ2n) is 5.44. The van der Waals surface area contributed by atoms with Crippen molar-refractivity contribution < 1.29 is 32.7 Å². The zero-order valence-corrected chi connectivity index (χ0v) is 13.5. The van der Waals surface area contributed by atoms with Crippen LogP contribution in [0.1, 0.15) is 35.1 Å². The second kappa shape index (κ2) is 7.02. The van der Waals surface area contributed by atoms with Gasteiger partial charge in [-0.25, -0.2) is 9.78 Å². The highest BCUT2D eigenvalue weighted by molar-refractivity contribution is 5.98. The number of carboxylic acid groups (broad SMARTS) is 1. The number of carboxylic acids is 1. The number of nitrogens with one attached hydrogen (secondary N) is 1. The molecule has 2 heterocycles.